The Bertz CT molecular complexity index is 781. The SMILES string of the molecule is CCNC(=NCC(O)c1ccc(C)cc1)NC(C)c1cc(OC)ccc1OC.I. The molecule has 2 atom stereocenters. The summed E-state index contributed by atoms with van der Waals surface area (Å²) in [5.74, 6) is 2.17. The fourth-order valence-electron chi connectivity index (χ4n) is 2.85. The van der Waals surface area contributed by atoms with E-state index < -0.39 is 6.10 Å². The number of halogens is 1. The Morgan fingerprint density at radius 2 is 1.79 bits per heavy atom. The minimum atomic E-state index is -0.655. The van der Waals surface area contributed by atoms with Crippen LogP contribution in [-0.4, -0.2) is 38.4 Å². The Hall–Kier alpha value is -2.00. The average Bonchev–Trinajstić information content (AvgIpc) is 2.71. The summed E-state index contributed by atoms with van der Waals surface area (Å²) in [6.07, 6.45) is -0.655. The lowest BCUT2D eigenvalue weighted by Crippen LogP contribution is -2.39. The molecule has 7 heteroatoms. The van der Waals surface area contributed by atoms with Crippen molar-refractivity contribution < 1.29 is 14.6 Å². The molecule has 0 aliphatic carbocycles. The number of rotatable bonds is 8. The van der Waals surface area contributed by atoms with E-state index in [1.807, 2.05) is 63.2 Å². The molecule has 0 heterocycles. The molecule has 160 valence electrons. The second kappa shape index (κ2) is 12.5. The Morgan fingerprint density at radius 1 is 1.10 bits per heavy atom. The van der Waals surface area contributed by atoms with E-state index >= 15 is 0 Å². The van der Waals surface area contributed by atoms with E-state index in [9.17, 15) is 5.11 Å². The van der Waals surface area contributed by atoms with E-state index in [-0.39, 0.29) is 36.6 Å². The third-order valence-corrected chi connectivity index (χ3v) is 4.49. The largest absolute Gasteiger partial charge is 0.497 e. The van der Waals surface area contributed by atoms with Gasteiger partial charge in [-0.05, 0) is 44.5 Å². The van der Waals surface area contributed by atoms with E-state index in [0.29, 0.717) is 12.5 Å². The molecular formula is C22H32IN3O3. The highest BCUT2D eigenvalue weighted by Crippen LogP contribution is 2.29. The first-order valence-electron chi connectivity index (χ1n) is 9.49. The van der Waals surface area contributed by atoms with Gasteiger partial charge in [-0.1, -0.05) is 29.8 Å². The number of aliphatic hydroxyl groups excluding tert-OH is 1. The van der Waals surface area contributed by atoms with Crippen LogP contribution in [0.25, 0.3) is 0 Å². The molecule has 0 aliphatic rings. The minimum absolute atomic E-state index is 0. The van der Waals surface area contributed by atoms with Crippen LogP contribution in [0.4, 0.5) is 0 Å². The third kappa shape index (κ3) is 7.40. The predicted molar refractivity (Wildman–Crippen MR) is 129 cm³/mol. The molecule has 0 aliphatic heterocycles. The number of guanidine groups is 1. The Labute approximate surface area is 190 Å². The van der Waals surface area contributed by atoms with Gasteiger partial charge in [-0.2, -0.15) is 0 Å². The van der Waals surface area contributed by atoms with Crippen molar-refractivity contribution in [2.24, 2.45) is 4.99 Å². The molecule has 6 nitrogen and oxygen atoms in total. The van der Waals surface area contributed by atoms with Gasteiger partial charge in [-0.15, -0.1) is 24.0 Å². The van der Waals surface area contributed by atoms with Crippen molar-refractivity contribution in [3.63, 3.8) is 0 Å². The topological polar surface area (TPSA) is 75.1 Å². The van der Waals surface area contributed by atoms with Crippen LogP contribution in [0.3, 0.4) is 0 Å². The molecule has 0 spiro atoms. The maximum atomic E-state index is 10.4. The summed E-state index contributed by atoms with van der Waals surface area (Å²) in [6, 6.07) is 13.5. The van der Waals surface area contributed by atoms with Gasteiger partial charge >= 0.3 is 0 Å². The standard InChI is InChI=1S/C22H31N3O3.HI/c1-6-23-22(24-14-20(26)17-9-7-15(2)8-10-17)25-16(3)19-13-18(27-4)11-12-21(19)28-5;/h7-13,16,20,26H,6,14H2,1-5H3,(H2,23,24,25);1H. The zero-order valence-electron chi connectivity index (χ0n) is 17.7. The van der Waals surface area contributed by atoms with E-state index in [1.165, 1.54) is 0 Å². The lowest BCUT2D eigenvalue weighted by molar-refractivity contribution is 0.187. The lowest BCUT2D eigenvalue weighted by Gasteiger charge is -2.21. The van der Waals surface area contributed by atoms with Gasteiger partial charge in [0.2, 0.25) is 0 Å². The summed E-state index contributed by atoms with van der Waals surface area (Å²) in [6.45, 7) is 7.04. The van der Waals surface area contributed by atoms with E-state index in [4.69, 9.17) is 9.47 Å². The summed E-state index contributed by atoms with van der Waals surface area (Å²) < 4.78 is 10.8. The van der Waals surface area contributed by atoms with Gasteiger partial charge in [0.1, 0.15) is 11.5 Å². The maximum Gasteiger partial charge on any atom is 0.191 e. The molecule has 0 aromatic heterocycles. The molecule has 29 heavy (non-hydrogen) atoms. The number of hydrogen-bond donors (Lipinski definition) is 3. The van der Waals surface area contributed by atoms with Crippen molar-refractivity contribution >= 4 is 29.9 Å². The summed E-state index contributed by atoms with van der Waals surface area (Å²) in [5, 5.41) is 17.0. The number of aliphatic hydroxyl groups is 1. The summed E-state index contributed by atoms with van der Waals surface area (Å²) in [7, 11) is 3.29. The first-order chi connectivity index (χ1) is 13.5. The molecule has 0 amide bonds. The lowest BCUT2D eigenvalue weighted by atomic mass is 10.1. The highest BCUT2D eigenvalue weighted by molar-refractivity contribution is 14.0. The zero-order valence-corrected chi connectivity index (χ0v) is 20.1. The monoisotopic (exact) mass is 513 g/mol. The van der Waals surface area contributed by atoms with Crippen LogP contribution >= 0.6 is 24.0 Å². The fraction of sp³-hybridized carbons (Fsp3) is 0.409. The molecular weight excluding hydrogens is 481 g/mol. The minimum Gasteiger partial charge on any atom is -0.497 e. The van der Waals surface area contributed by atoms with Crippen molar-refractivity contribution in [1.29, 1.82) is 0 Å². The molecule has 3 N–H and O–H groups in total. The number of aliphatic imine (C=N–C) groups is 1. The smallest absolute Gasteiger partial charge is 0.191 e. The number of hydrogen-bond acceptors (Lipinski definition) is 4. The van der Waals surface area contributed by atoms with Crippen LogP contribution in [-0.2, 0) is 0 Å². The third-order valence-electron chi connectivity index (χ3n) is 4.49. The molecule has 0 bridgehead atoms. The number of methoxy groups -OCH3 is 2. The summed E-state index contributed by atoms with van der Waals surface area (Å²) >= 11 is 0. The van der Waals surface area contributed by atoms with Gasteiger partial charge in [0.05, 0.1) is 32.9 Å². The van der Waals surface area contributed by atoms with E-state index in [1.54, 1.807) is 14.2 Å². The maximum absolute atomic E-state index is 10.4. The second-order valence-corrected chi connectivity index (χ2v) is 6.62. The highest BCUT2D eigenvalue weighted by atomic mass is 127. The van der Waals surface area contributed by atoms with Gasteiger partial charge in [0.15, 0.2) is 5.96 Å². The highest BCUT2D eigenvalue weighted by Gasteiger charge is 2.15. The molecule has 0 radical (unpaired) electrons. The van der Waals surface area contributed by atoms with Crippen molar-refractivity contribution in [3.05, 3.63) is 59.2 Å². The summed E-state index contributed by atoms with van der Waals surface area (Å²) in [5.41, 5.74) is 2.98. The van der Waals surface area contributed by atoms with Gasteiger partial charge in [0, 0.05) is 12.1 Å². The number of benzene rings is 2. The molecule has 0 fully saturated rings. The van der Waals surface area contributed by atoms with Gasteiger partial charge in [-0.25, -0.2) is 0 Å². The number of ether oxygens (including phenoxy) is 2. The molecule has 0 saturated carbocycles. The number of aryl methyl sites for hydroxylation is 1. The molecule has 2 rings (SSSR count). The van der Waals surface area contributed by atoms with Crippen LogP contribution in [0.2, 0.25) is 0 Å². The number of nitrogens with zero attached hydrogens (tertiary/aromatic N) is 1. The first-order valence-corrected chi connectivity index (χ1v) is 9.49. The second-order valence-electron chi connectivity index (χ2n) is 6.62. The Morgan fingerprint density at radius 3 is 2.38 bits per heavy atom. The van der Waals surface area contributed by atoms with Crippen LogP contribution in [0.5, 0.6) is 11.5 Å². The van der Waals surface area contributed by atoms with Gasteiger partial charge < -0.3 is 25.2 Å². The average molecular weight is 513 g/mol. The zero-order chi connectivity index (χ0) is 20.5. The van der Waals surface area contributed by atoms with Gasteiger partial charge in [0.25, 0.3) is 0 Å². The summed E-state index contributed by atoms with van der Waals surface area (Å²) in [4.78, 5) is 4.55. The quantitative estimate of drug-likeness (QED) is 0.283. The fourth-order valence-corrected chi connectivity index (χ4v) is 2.85. The first kappa shape index (κ1) is 25.0. The Kier molecular flexibility index (Phi) is 10.8. The van der Waals surface area contributed by atoms with Crippen molar-refractivity contribution in [2.45, 2.75) is 32.9 Å². The molecule has 2 aromatic carbocycles. The van der Waals surface area contributed by atoms with Gasteiger partial charge in [-0.3, -0.25) is 4.99 Å². The molecule has 0 saturated heterocycles. The van der Waals surface area contributed by atoms with Crippen molar-refractivity contribution in [3.8, 4) is 11.5 Å². The van der Waals surface area contributed by atoms with Crippen LogP contribution in [0.15, 0.2) is 47.5 Å². The Balaban J connectivity index is 0.00000420. The molecule has 2 aromatic rings. The van der Waals surface area contributed by atoms with E-state index in [2.05, 4.69) is 15.6 Å². The van der Waals surface area contributed by atoms with Crippen LogP contribution in [0, 0.1) is 6.92 Å². The van der Waals surface area contributed by atoms with Crippen molar-refractivity contribution in [1.82, 2.24) is 10.6 Å². The van der Waals surface area contributed by atoms with Crippen LogP contribution in [0.1, 0.15) is 42.7 Å². The van der Waals surface area contributed by atoms with Crippen molar-refractivity contribution in [2.75, 3.05) is 27.3 Å². The van der Waals surface area contributed by atoms with Crippen LogP contribution < -0.4 is 20.1 Å². The number of nitrogens with one attached hydrogen (secondary N) is 2. The predicted octanol–water partition coefficient (Wildman–Crippen LogP) is 3.98. The van der Waals surface area contributed by atoms with E-state index in [0.717, 1.165) is 28.2 Å². The normalized spacial score (nSPS) is 13.1. The molecule has 2 unspecified atom stereocenters.